The fourth-order valence-electron chi connectivity index (χ4n) is 12.4. The number of furan rings is 1. The zero-order valence-corrected chi connectivity index (χ0v) is 33.9. The van der Waals surface area contributed by atoms with E-state index in [-0.39, 0.29) is 5.41 Å². The maximum Gasteiger partial charge on any atom is 0.144 e. The molecule has 3 aliphatic carbocycles. The van der Waals surface area contributed by atoms with E-state index in [0.29, 0.717) is 0 Å². The summed E-state index contributed by atoms with van der Waals surface area (Å²) in [5.41, 5.74) is 22.0. The van der Waals surface area contributed by atoms with Gasteiger partial charge in [0.2, 0.25) is 0 Å². The molecule has 0 saturated heterocycles. The molecule has 0 saturated carbocycles. The molecule has 14 rings (SSSR count). The highest BCUT2D eigenvalue weighted by atomic mass is 16.3. The first kappa shape index (κ1) is 33.4. The van der Waals surface area contributed by atoms with Gasteiger partial charge >= 0.3 is 0 Å². The Bertz CT molecular complexity index is 3630. The van der Waals surface area contributed by atoms with Crippen molar-refractivity contribution in [1.29, 1.82) is 0 Å². The summed E-state index contributed by atoms with van der Waals surface area (Å²) in [6.45, 7) is 4.93. The molecular formula is C60H38O. The lowest BCUT2D eigenvalue weighted by Crippen LogP contribution is -2.30. The van der Waals surface area contributed by atoms with Gasteiger partial charge in [0.05, 0.1) is 5.41 Å². The quantitative estimate of drug-likeness (QED) is 0.159. The van der Waals surface area contributed by atoms with E-state index in [1.807, 2.05) is 0 Å². The van der Waals surface area contributed by atoms with E-state index in [4.69, 9.17) is 4.42 Å². The number of benzene rings is 10. The molecule has 0 fully saturated rings. The van der Waals surface area contributed by atoms with Gasteiger partial charge in [-0.05, 0) is 117 Å². The first-order valence-electron chi connectivity index (χ1n) is 21.5. The number of hydrogen-bond acceptors (Lipinski definition) is 1. The molecule has 1 heterocycles. The smallest absolute Gasteiger partial charge is 0.144 e. The minimum Gasteiger partial charge on any atom is -0.455 e. The Balaban J connectivity index is 1.12. The monoisotopic (exact) mass is 774 g/mol. The van der Waals surface area contributed by atoms with Crippen molar-refractivity contribution >= 4 is 43.5 Å². The van der Waals surface area contributed by atoms with Gasteiger partial charge in [-0.15, -0.1) is 0 Å². The Labute approximate surface area is 354 Å². The Morgan fingerprint density at radius 3 is 1.44 bits per heavy atom. The van der Waals surface area contributed by atoms with Gasteiger partial charge in [-0.25, -0.2) is 0 Å². The number of fused-ring (bicyclic) bond motifs is 21. The number of hydrogen-bond donors (Lipinski definition) is 0. The molecule has 1 spiro atoms. The molecule has 0 radical (unpaired) electrons. The first-order chi connectivity index (χ1) is 30.1. The Morgan fingerprint density at radius 2 is 0.820 bits per heavy atom. The van der Waals surface area contributed by atoms with Crippen LogP contribution >= 0.6 is 0 Å². The van der Waals surface area contributed by atoms with E-state index < -0.39 is 5.41 Å². The van der Waals surface area contributed by atoms with Gasteiger partial charge in [-0.2, -0.15) is 0 Å². The standard InChI is InChI=1S/C60H38O/c1-59(2)49-34-36(52-41-24-8-6-22-39(41)51(35-18-4-3-5-19-35)40-23-7-9-25-42(40)52)32-33-44(49)55-56(59)57-53(54-45-27-13-17-31-50(45)61-58(54)55)43-26-12-16-30-48(43)60(57)46-28-14-10-20-37(46)38-21-11-15-29-47(38)60/h3-34H,1-2H3. The zero-order chi connectivity index (χ0) is 40.2. The van der Waals surface area contributed by atoms with Gasteiger partial charge in [-0.1, -0.05) is 196 Å². The Morgan fingerprint density at radius 1 is 0.344 bits per heavy atom. The lowest BCUT2D eigenvalue weighted by atomic mass is 9.65. The topological polar surface area (TPSA) is 13.1 Å². The minimum absolute atomic E-state index is 0.380. The van der Waals surface area contributed by atoms with E-state index in [9.17, 15) is 0 Å². The van der Waals surface area contributed by atoms with Crippen LogP contribution in [0.1, 0.15) is 47.2 Å². The highest BCUT2D eigenvalue weighted by Gasteiger charge is 2.57. The van der Waals surface area contributed by atoms with Crippen molar-refractivity contribution in [2.75, 3.05) is 0 Å². The van der Waals surface area contributed by atoms with Crippen LogP contribution in [-0.2, 0) is 10.8 Å². The van der Waals surface area contributed by atoms with Crippen molar-refractivity contribution in [3.8, 4) is 55.6 Å². The van der Waals surface area contributed by atoms with Gasteiger partial charge in [0.1, 0.15) is 11.2 Å². The molecule has 1 nitrogen and oxygen atoms in total. The SMILES string of the molecule is CC1(C)c2cc(-c3c4ccccc4c(-c4ccccc4)c4ccccc34)ccc2-c2c1c1c(c3c2oc2ccccc23)-c2ccccc2C12c1ccccc1-c1ccccc12. The zero-order valence-electron chi connectivity index (χ0n) is 33.9. The fourth-order valence-corrected chi connectivity index (χ4v) is 12.4. The maximum atomic E-state index is 7.16. The summed E-state index contributed by atoms with van der Waals surface area (Å²) in [4.78, 5) is 0. The molecule has 1 aromatic heterocycles. The van der Waals surface area contributed by atoms with E-state index in [0.717, 1.165) is 11.2 Å². The number of rotatable bonds is 2. The second-order valence-electron chi connectivity index (χ2n) is 17.8. The number of para-hydroxylation sites is 1. The third-order valence-corrected chi connectivity index (χ3v) is 14.6. The third kappa shape index (κ3) is 3.98. The van der Waals surface area contributed by atoms with Gasteiger partial charge in [-0.3, -0.25) is 0 Å². The van der Waals surface area contributed by atoms with Gasteiger partial charge in [0.15, 0.2) is 0 Å². The third-order valence-electron chi connectivity index (χ3n) is 14.6. The Hall–Kier alpha value is -7.48. The Kier molecular flexibility index (Phi) is 6.36. The summed E-state index contributed by atoms with van der Waals surface area (Å²) in [5, 5.41) is 7.46. The predicted molar refractivity (Wildman–Crippen MR) is 253 cm³/mol. The largest absolute Gasteiger partial charge is 0.455 e. The minimum atomic E-state index is -0.502. The van der Waals surface area contributed by atoms with Crippen LogP contribution in [0.4, 0.5) is 0 Å². The van der Waals surface area contributed by atoms with Crippen LogP contribution in [0.2, 0.25) is 0 Å². The fraction of sp³-hybridized carbons (Fsp3) is 0.0667. The molecule has 0 bridgehead atoms. The van der Waals surface area contributed by atoms with Crippen molar-refractivity contribution in [2.24, 2.45) is 0 Å². The summed E-state index contributed by atoms with van der Waals surface area (Å²) in [6.07, 6.45) is 0. The van der Waals surface area contributed by atoms with E-state index in [2.05, 4.69) is 208 Å². The molecule has 11 aromatic rings. The second-order valence-corrected chi connectivity index (χ2v) is 17.8. The molecule has 0 amide bonds. The van der Waals surface area contributed by atoms with Crippen molar-refractivity contribution < 1.29 is 4.42 Å². The van der Waals surface area contributed by atoms with E-state index in [1.54, 1.807) is 0 Å². The molecule has 0 aliphatic heterocycles. The molecule has 0 atom stereocenters. The van der Waals surface area contributed by atoms with E-state index in [1.165, 1.54) is 121 Å². The van der Waals surface area contributed by atoms with Crippen molar-refractivity contribution in [3.63, 3.8) is 0 Å². The van der Waals surface area contributed by atoms with Gasteiger partial charge in [0, 0.05) is 21.8 Å². The highest BCUT2D eigenvalue weighted by Crippen LogP contribution is 2.69. The van der Waals surface area contributed by atoms with Crippen molar-refractivity contribution in [1.82, 2.24) is 0 Å². The van der Waals surface area contributed by atoms with Crippen molar-refractivity contribution in [3.05, 3.63) is 228 Å². The maximum absolute atomic E-state index is 7.16. The summed E-state index contributed by atoms with van der Waals surface area (Å²) < 4.78 is 7.16. The molecule has 1 heteroatoms. The molecule has 61 heavy (non-hydrogen) atoms. The normalized spacial score (nSPS) is 14.7. The molecule has 0 unspecified atom stereocenters. The summed E-state index contributed by atoms with van der Waals surface area (Å²) >= 11 is 0. The second kappa shape index (κ2) is 11.6. The lowest BCUT2D eigenvalue weighted by Gasteiger charge is -2.35. The van der Waals surface area contributed by atoms with Crippen LogP contribution in [0.5, 0.6) is 0 Å². The molecule has 284 valence electrons. The average molecular weight is 775 g/mol. The molecule has 0 N–H and O–H groups in total. The first-order valence-corrected chi connectivity index (χ1v) is 21.5. The summed E-state index contributed by atoms with van der Waals surface area (Å²) in [7, 11) is 0. The summed E-state index contributed by atoms with van der Waals surface area (Å²) in [6, 6.07) is 72.4. The predicted octanol–water partition coefficient (Wildman–Crippen LogP) is 15.9. The van der Waals surface area contributed by atoms with Crippen LogP contribution in [0.25, 0.3) is 99.1 Å². The van der Waals surface area contributed by atoms with Crippen LogP contribution < -0.4 is 0 Å². The van der Waals surface area contributed by atoms with Crippen LogP contribution in [0.15, 0.2) is 199 Å². The van der Waals surface area contributed by atoms with Crippen molar-refractivity contribution in [2.45, 2.75) is 24.7 Å². The molecule has 3 aliphatic rings. The highest BCUT2D eigenvalue weighted by molar-refractivity contribution is 6.23. The van der Waals surface area contributed by atoms with E-state index >= 15 is 0 Å². The lowest BCUT2D eigenvalue weighted by molar-refractivity contribution is 0.633. The van der Waals surface area contributed by atoms with Crippen LogP contribution in [0, 0.1) is 0 Å². The molecular weight excluding hydrogens is 737 g/mol. The van der Waals surface area contributed by atoms with Crippen LogP contribution in [-0.4, -0.2) is 0 Å². The van der Waals surface area contributed by atoms with Gasteiger partial charge in [0.25, 0.3) is 0 Å². The van der Waals surface area contributed by atoms with Gasteiger partial charge < -0.3 is 4.42 Å². The average Bonchev–Trinajstić information content (AvgIpc) is 4.00. The summed E-state index contributed by atoms with van der Waals surface area (Å²) in [5.74, 6) is 0. The molecule has 10 aromatic carbocycles. The van der Waals surface area contributed by atoms with Crippen LogP contribution in [0.3, 0.4) is 0 Å².